The summed E-state index contributed by atoms with van der Waals surface area (Å²) in [6, 6.07) is 11.8. The van der Waals surface area contributed by atoms with Crippen LogP contribution in [-0.2, 0) is 11.3 Å². The van der Waals surface area contributed by atoms with Crippen molar-refractivity contribution in [1.82, 2.24) is 24.3 Å². The number of nitrogens with zero attached hydrogens (tertiary/aromatic N) is 7. The molecule has 0 unspecified atom stereocenters. The molecule has 0 bridgehead atoms. The van der Waals surface area contributed by atoms with Gasteiger partial charge in [0, 0.05) is 45.5 Å². The van der Waals surface area contributed by atoms with Crippen LogP contribution in [0.3, 0.4) is 0 Å². The lowest BCUT2D eigenvalue weighted by atomic mass is 10.2. The second kappa shape index (κ2) is 11.5. The molecule has 0 aliphatic carbocycles. The molecule has 5 rings (SSSR count). The fourth-order valence-electron chi connectivity index (χ4n) is 4.46. The standard InChI is InChI=1S/C26H33N9O3/c1-19(23-4-3-15-38-23)31-35-24(27)22-18-29-34(25(22)30-26(35)28)14-11-32-9-12-33(13-10-32)20-5-7-21(8-6-20)37-17-16-36-2/h3-8,15,18,28H,9-14,16-17,27H2,1-2H3/b28-26?,31-19+. The van der Waals surface area contributed by atoms with Gasteiger partial charge in [-0.15, -0.1) is 0 Å². The first kappa shape index (κ1) is 25.5. The lowest BCUT2D eigenvalue weighted by molar-refractivity contribution is 0.146. The van der Waals surface area contributed by atoms with Crippen molar-refractivity contribution in [2.75, 3.05) is 63.7 Å². The Balaban J connectivity index is 1.19. The Bertz CT molecular complexity index is 1430. The Morgan fingerprint density at radius 3 is 2.61 bits per heavy atom. The van der Waals surface area contributed by atoms with Crippen molar-refractivity contribution in [1.29, 1.82) is 5.41 Å². The van der Waals surface area contributed by atoms with E-state index < -0.39 is 0 Å². The third-order valence-electron chi connectivity index (χ3n) is 6.61. The second-order valence-electron chi connectivity index (χ2n) is 9.06. The molecule has 1 aliphatic heterocycles. The summed E-state index contributed by atoms with van der Waals surface area (Å²) < 4.78 is 19.2. The van der Waals surface area contributed by atoms with E-state index in [1.807, 2.05) is 16.8 Å². The summed E-state index contributed by atoms with van der Waals surface area (Å²) in [7, 11) is 1.67. The number of hydrogen-bond donors (Lipinski definition) is 2. The number of aromatic nitrogens is 4. The first-order valence-electron chi connectivity index (χ1n) is 12.6. The van der Waals surface area contributed by atoms with Crippen LogP contribution in [-0.4, -0.2) is 83.1 Å². The SMILES string of the molecule is COCCOc1ccc(N2CCN(CCn3ncc4c(N)n(/N=C(\C)c5ccco5)c(=N)nc43)CC2)cc1. The first-order valence-corrected chi connectivity index (χ1v) is 12.6. The predicted octanol–water partition coefficient (Wildman–Crippen LogP) is 2.01. The molecule has 38 heavy (non-hydrogen) atoms. The van der Waals surface area contributed by atoms with E-state index in [2.05, 4.69) is 37.1 Å². The number of nitrogens with one attached hydrogen (secondary N) is 1. The lowest BCUT2D eigenvalue weighted by Crippen LogP contribution is -2.47. The van der Waals surface area contributed by atoms with Gasteiger partial charge in [-0.25, -0.2) is 4.68 Å². The molecule has 0 amide bonds. The van der Waals surface area contributed by atoms with Gasteiger partial charge in [-0.3, -0.25) is 10.3 Å². The minimum absolute atomic E-state index is 0.0635. The van der Waals surface area contributed by atoms with E-state index in [9.17, 15) is 0 Å². The van der Waals surface area contributed by atoms with Gasteiger partial charge in [0.2, 0.25) is 5.62 Å². The molecule has 3 N–H and O–H groups in total. The van der Waals surface area contributed by atoms with Gasteiger partial charge in [0.25, 0.3) is 0 Å². The molecule has 1 aromatic carbocycles. The molecular weight excluding hydrogens is 486 g/mol. The second-order valence-corrected chi connectivity index (χ2v) is 9.06. The normalized spacial score (nSPS) is 14.9. The number of nitrogens with two attached hydrogens (primary N) is 1. The zero-order valence-corrected chi connectivity index (χ0v) is 21.7. The monoisotopic (exact) mass is 519 g/mol. The number of hydrogen-bond acceptors (Lipinski definition) is 10. The molecule has 0 saturated carbocycles. The number of rotatable bonds is 10. The van der Waals surface area contributed by atoms with Gasteiger partial charge in [-0.2, -0.15) is 19.9 Å². The van der Waals surface area contributed by atoms with Gasteiger partial charge < -0.3 is 24.5 Å². The van der Waals surface area contributed by atoms with E-state index in [1.54, 1.807) is 38.6 Å². The maximum atomic E-state index is 8.40. The van der Waals surface area contributed by atoms with Crippen molar-refractivity contribution in [3.63, 3.8) is 0 Å². The fourth-order valence-corrected chi connectivity index (χ4v) is 4.46. The van der Waals surface area contributed by atoms with Crippen LogP contribution >= 0.6 is 0 Å². The lowest BCUT2D eigenvalue weighted by Gasteiger charge is -2.36. The Kier molecular flexibility index (Phi) is 7.70. The summed E-state index contributed by atoms with van der Waals surface area (Å²) in [5.41, 5.74) is 8.68. The summed E-state index contributed by atoms with van der Waals surface area (Å²) in [4.78, 5) is 9.25. The number of methoxy groups -OCH3 is 1. The van der Waals surface area contributed by atoms with E-state index in [-0.39, 0.29) is 5.62 Å². The maximum Gasteiger partial charge on any atom is 0.247 e. The average Bonchev–Trinajstić information content (AvgIpc) is 3.62. The highest BCUT2D eigenvalue weighted by Gasteiger charge is 2.19. The van der Waals surface area contributed by atoms with Crippen molar-refractivity contribution < 1.29 is 13.9 Å². The third kappa shape index (κ3) is 5.55. The molecule has 200 valence electrons. The van der Waals surface area contributed by atoms with E-state index in [4.69, 9.17) is 25.0 Å². The van der Waals surface area contributed by atoms with Crippen LogP contribution < -0.4 is 21.0 Å². The third-order valence-corrected chi connectivity index (χ3v) is 6.61. The predicted molar refractivity (Wildman–Crippen MR) is 145 cm³/mol. The number of nitrogen functional groups attached to an aromatic ring is 1. The number of piperazine rings is 1. The minimum atomic E-state index is -0.0635. The average molecular weight is 520 g/mol. The summed E-state index contributed by atoms with van der Waals surface area (Å²) in [6.07, 6.45) is 3.26. The summed E-state index contributed by atoms with van der Waals surface area (Å²) in [5, 5.41) is 18.0. The van der Waals surface area contributed by atoms with Crippen molar-refractivity contribution in [3.05, 3.63) is 60.2 Å². The Labute approximate surface area is 220 Å². The molecule has 12 nitrogen and oxygen atoms in total. The molecule has 1 fully saturated rings. The largest absolute Gasteiger partial charge is 0.491 e. The van der Waals surface area contributed by atoms with Crippen molar-refractivity contribution >= 4 is 28.3 Å². The van der Waals surface area contributed by atoms with Gasteiger partial charge in [0.15, 0.2) is 5.65 Å². The van der Waals surface area contributed by atoms with Gasteiger partial charge in [0.05, 0.1) is 31.0 Å². The molecule has 1 aliphatic rings. The number of anilines is 2. The quantitative estimate of drug-likeness (QED) is 0.240. The summed E-state index contributed by atoms with van der Waals surface area (Å²) in [5.74, 6) is 1.78. The Morgan fingerprint density at radius 1 is 1.11 bits per heavy atom. The number of ether oxygens (including phenoxy) is 2. The molecule has 0 radical (unpaired) electrons. The molecule has 1 saturated heterocycles. The molecule has 4 heterocycles. The van der Waals surface area contributed by atoms with Gasteiger partial charge in [-0.05, 0) is 43.3 Å². The molecular formula is C26H33N9O3. The van der Waals surface area contributed by atoms with Gasteiger partial charge in [0.1, 0.15) is 29.6 Å². The Hall–Kier alpha value is -4.16. The molecule has 12 heteroatoms. The molecule has 0 atom stereocenters. The van der Waals surface area contributed by atoms with Crippen molar-refractivity contribution in [3.8, 4) is 5.75 Å². The van der Waals surface area contributed by atoms with Crippen LogP contribution in [0.1, 0.15) is 12.7 Å². The van der Waals surface area contributed by atoms with Crippen LogP contribution in [0.25, 0.3) is 11.0 Å². The van der Waals surface area contributed by atoms with Crippen LogP contribution in [0.4, 0.5) is 11.5 Å². The van der Waals surface area contributed by atoms with Gasteiger partial charge in [-0.1, -0.05) is 0 Å². The van der Waals surface area contributed by atoms with E-state index in [0.717, 1.165) is 38.5 Å². The fraction of sp³-hybridized carbons (Fsp3) is 0.385. The van der Waals surface area contributed by atoms with Crippen LogP contribution in [0.2, 0.25) is 0 Å². The van der Waals surface area contributed by atoms with Crippen molar-refractivity contribution in [2.45, 2.75) is 13.5 Å². The highest BCUT2D eigenvalue weighted by atomic mass is 16.5. The van der Waals surface area contributed by atoms with E-state index in [0.29, 0.717) is 48.1 Å². The minimum Gasteiger partial charge on any atom is -0.491 e. The maximum absolute atomic E-state index is 8.40. The number of furan rings is 1. The van der Waals surface area contributed by atoms with Crippen LogP contribution in [0.15, 0.2) is 58.4 Å². The Morgan fingerprint density at radius 2 is 1.89 bits per heavy atom. The van der Waals surface area contributed by atoms with Crippen LogP contribution in [0, 0.1) is 5.41 Å². The highest BCUT2D eigenvalue weighted by Crippen LogP contribution is 2.21. The number of fused-ring (bicyclic) bond motifs is 1. The van der Waals surface area contributed by atoms with E-state index in [1.165, 1.54) is 10.4 Å². The smallest absolute Gasteiger partial charge is 0.247 e. The summed E-state index contributed by atoms with van der Waals surface area (Å²) >= 11 is 0. The van der Waals surface area contributed by atoms with Crippen molar-refractivity contribution in [2.24, 2.45) is 5.10 Å². The topological polar surface area (TPSA) is 136 Å². The van der Waals surface area contributed by atoms with E-state index >= 15 is 0 Å². The number of benzene rings is 1. The molecule has 4 aromatic rings. The van der Waals surface area contributed by atoms with Crippen LogP contribution in [0.5, 0.6) is 5.75 Å². The molecule has 3 aromatic heterocycles. The summed E-state index contributed by atoms with van der Waals surface area (Å²) in [6.45, 7) is 8.19. The zero-order valence-electron chi connectivity index (χ0n) is 21.7. The first-order chi connectivity index (χ1) is 18.5. The van der Waals surface area contributed by atoms with Gasteiger partial charge >= 0.3 is 0 Å². The molecule has 0 spiro atoms. The highest BCUT2D eigenvalue weighted by molar-refractivity contribution is 5.96. The zero-order chi connectivity index (χ0) is 26.5.